The van der Waals surface area contributed by atoms with Crippen molar-refractivity contribution in [2.75, 3.05) is 19.0 Å². The van der Waals surface area contributed by atoms with Crippen molar-refractivity contribution in [3.05, 3.63) is 68.2 Å². The molecule has 3 aliphatic rings. The van der Waals surface area contributed by atoms with Crippen LogP contribution in [0.15, 0.2) is 46.9 Å². The van der Waals surface area contributed by atoms with Crippen LogP contribution in [0, 0.1) is 10.1 Å². The van der Waals surface area contributed by atoms with Crippen LogP contribution in [0.3, 0.4) is 0 Å². The van der Waals surface area contributed by atoms with Crippen LogP contribution >= 0.6 is 15.9 Å². The van der Waals surface area contributed by atoms with E-state index in [2.05, 4.69) is 26.1 Å². The monoisotopic (exact) mass is 457 g/mol. The van der Waals surface area contributed by atoms with Gasteiger partial charge < -0.3 is 10.1 Å². The lowest BCUT2D eigenvalue weighted by atomic mass is 9.77. The van der Waals surface area contributed by atoms with E-state index in [1.807, 2.05) is 42.5 Å². The zero-order chi connectivity index (χ0) is 20.3. The Labute approximate surface area is 176 Å². The molecule has 1 amide bonds. The molecule has 3 heterocycles. The fourth-order valence-corrected chi connectivity index (χ4v) is 6.09. The second-order valence-corrected chi connectivity index (χ2v) is 8.73. The van der Waals surface area contributed by atoms with Crippen LogP contribution in [0.4, 0.5) is 5.69 Å². The van der Waals surface area contributed by atoms with Gasteiger partial charge in [-0.15, -0.1) is 0 Å². The van der Waals surface area contributed by atoms with Crippen molar-refractivity contribution in [1.82, 2.24) is 4.90 Å². The fourth-order valence-electron chi connectivity index (χ4n) is 5.71. The van der Waals surface area contributed by atoms with E-state index in [9.17, 15) is 14.9 Å². The number of carbonyl (C=O) groups excluding carboxylic acids is 1. The Kier molecular flexibility index (Phi) is 4.18. The first-order valence-electron chi connectivity index (χ1n) is 9.64. The number of benzene rings is 2. The van der Waals surface area contributed by atoms with Gasteiger partial charge in [-0.2, -0.15) is 0 Å². The summed E-state index contributed by atoms with van der Waals surface area (Å²) in [6, 6.07) is 11.7. The number of carbonyl (C=O) groups is 1. The third-order valence-electron chi connectivity index (χ3n) is 6.65. The maximum atomic E-state index is 13.4. The quantitative estimate of drug-likeness (QED) is 0.562. The summed E-state index contributed by atoms with van der Waals surface area (Å²) in [5.74, 6) is -0.152. The molecular formula is C21H20BrN3O4. The molecule has 4 atom stereocenters. The molecule has 29 heavy (non-hydrogen) atoms. The number of hydrogen-bond donors (Lipinski definition) is 1. The van der Waals surface area contributed by atoms with Crippen molar-refractivity contribution >= 4 is 27.5 Å². The number of para-hydroxylation sites is 1. The van der Waals surface area contributed by atoms with Gasteiger partial charge in [-0.25, -0.2) is 0 Å². The zero-order valence-corrected chi connectivity index (χ0v) is 17.4. The maximum absolute atomic E-state index is 13.4. The van der Waals surface area contributed by atoms with Crippen LogP contribution in [0.1, 0.15) is 29.9 Å². The molecule has 0 aromatic heterocycles. The van der Waals surface area contributed by atoms with Crippen LogP contribution < -0.4 is 10.1 Å². The number of halogens is 1. The molecule has 3 aliphatic heterocycles. The summed E-state index contributed by atoms with van der Waals surface area (Å²) in [5.41, 5.74) is 0.834. The van der Waals surface area contributed by atoms with Crippen LogP contribution in [0.2, 0.25) is 0 Å². The smallest absolute Gasteiger partial charge is 0.256 e. The predicted octanol–water partition coefficient (Wildman–Crippen LogP) is 3.51. The van der Waals surface area contributed by atoms with Crippen LogP contribution in [-0.2, 0) is 10.3 Å². The van der Waals surface area contributed by atoms with Gasteiger partial charge in [0.1, 0.15) is 5.75 Å². The largest absolute Gasteiger partial charge is 0.496 e. The summed E-state index contributed by atoms with van der Waals surface area (Å²) in [5, 5.41) is 15.5. The second kappa shape index (κ2) is 6.53. The van der Waals surface area contributed by atoms with Gasteiger partial charge in [-0.3, -0.25) is 19.8 Å². The molecule has 1 spiro atoms. The molecule has 0 aliphatic carbocycles. The first-order valence-corrected chi connectivity index (χ1v) is 10.4. The second-order valence-electron chi connectivity index (χ2n) is 7.81. The summed E-state index contributed by atoms with van der Waals surface area (Å²) < 4.78 is 6.40. The van der Waals surface area contributed by atoms with Gasteiger partial charge in [0.2, 0.25) is 0 Å². The third-order valence-corrected chi connectivity index (χ3v) is 7.14. The minimum Gasteiger partial charge on any atom is -0.496 e. The highest BCUT2D eigenvalue weighted by Gasteiger charge is 2.73. The standard InChI is InChI=1S/C21H20BrN3O4/c1-29-17-9-8-12(22)11-13(17)18-16-7-4-10-24(16)21(19(18)25(27)28)14-5-2-3-6-15(14)23-20(21)26/h2-3,5-6,8-9,11,16,18-19H,4,7,10H2,1H3,(H,23,26)/t16-,18+,19-,21-/m0/s1. The topological polar surface area (TPSA) is 84.7 Å². The average Bonchev–Trinajstić information content (AvgIpc) is 3.35. The number of amides is 1. The molecule has 2 fully saturated rings. The molecule has 5 rings (SSSR count). The van der Waals surface area contributed by atoms with E-state index in [0.29, 0.717) is 23.5 Å². The third kappa shape index (κ3) is 2.36. The Bertz CT molecular complexity index is 1030. The van der Waals surface area contributed by atoms with Crippen molar-refractivity contribution in [3.63, 3.8) is 0 Å². The van der Waals surface area contributed by atoms with E-state index in [4.69, 9.17) is 4.74 Å². The van der Waals surface area contributed by atoms with Crippen molar-refractivity contribution in [3.8, 4) is 5.75 Å². The van der Waals surface area contributed by atoms with E-state index in [1.54, 1.807) is 7.11 Å². The summed E-state index contributed by atoms with van der Waals surface area (Å²) in [4.78, 5) is 27.8. The van der Waals surface area contributed by atoms with E-state index in [-0.39, 0.29) is 16.9 Å². The highest BCUT2D eigenvalue weighted by Crippen LogP contribution is 2.59. The van der Waals surface area contributed by atoms with Crippen molar-refractivity contribution in [2.24, 2.45) is 0 Å². The molecule has 2 saturated heterocycles. The molecule has 8 heteroatoms. The first-order chi connectivity index (χ1) is 14.0. The molecule has 0 unspecified atom stereocenters. The molecule has 1 N–H and O–H groups in total. The van der Waals surface area contributed by atoms with Crippen molar-refractivity contribution in [1.29, 1.82) is 0 Å². The lowest BCUT2D eigenvalue weighted by molar-refractivity contribution is -0.534. The van der Waals surface area contributed by atoms with Gasteiger partial charge in [0, 0.05) is 38.8 Å². The van der Waals surface area contributed by atoms with Crippen LogP contribution in [0.25, 0.3) is 0 Å². The summed E-state index contributed by atoms with van der Waals surface area (Å²) in [6.45, 7) is 0.656. The van der Waals surface area contributed by atoms with E-state index in [1.165, 1.54) is 0 Å². The minimum atomic E-state index is -1.31. The number of hydrogen-bond acceptors (Lipinski definition) is 5. The van der Waals surface area contributed by atoms with E-state index in [0.717, 1.165) is 22.9 Å². The van der Waals surface area contributed by atoms with Gasteiger partial charge in [0.15, 0.2) is 5.54 Å². The number of nitro groups is 1. The van der Waals surface area contributed by atoms with Gasteiger partial charge in [-0.1, -0.05) is 34.1 Å². The minimum absolute atomic E-state index is 0.106. The number of anilines is 1. The van der Waals surface area contributed by atoms with Crippen LogP contribution in [0.5, 0.6) is 5.75 Å². The Morgan fingerprint density at radius 3 is 2.86 bits per heavy atom. The Morgan fingerprint density at radius 2 is 2.10 bits per heavy atom. The molecule has 0 radical (unpaired) electrons. The normalized spacial score (nSPS) is 30.3. The number of rotatable bonds is 3. The van der Waals surface area contributed by atoms with Gasteiger partial charge in [0.25, 0.3) is 11.9 Å². The van der Waals surface area contributed by atoms with Gasteiger partial charge in [0.05, 0.1) is 13.0 Å². The molecule has 0 bridgehead atoms. The number of nitrogens with zero attached hydrogens (tertiary/aromatic N) is 2. The van der Waals surface area contributed by atoms with Gasteiger partial charge in [-0.05, 0) is 37.1 Å². The van der Waals surface area contributed by atoms with Crippen LogP contribution in [-0.4, -0.2) is 41.5 Å². The van der Waals surface area contributed by atoms with E-state index >= 15 is 0 Å². The molecule has 7 nitrogen and oxygen atoms in total. The first kappa shape index (κ1) is 18.6. The lowest BCUT2D eigenvalue weighted by Gasteiger charge is -2.32. The zero-order valence-electron chi connectivity index (χ0n) is 15.8. The summed E-state index contributed by atoms with van der Waals surface area (Å²) in [6.07, 6.45) is 1.71. The molecular weight excluding hydrogens is 438 g/mol. The lowest BCUT2D eigenvalue weighted by Crippen LogP contribution is -2.55. The molecule has 150 valence electrons. The SMILES string of the molecule is COc1ccc(Br)cc1[C@H]1[C@H]([N+](=O)[O-])[C@@]2(C(=O)Nc3ccccc32)N2CCC[C@@H]12. The Morgan fingerprint density at radius 1 is 1.31 bits per heavy atom. The summed E-state index contributed by atoms with van der Waals surface area (Å²) >= 11 is 3.50. The van der Waals surface area contributed by atoms with Gasteiger partial charge >= 0.3 is 0 Å². The highest BCUT2D eigenvalue weighted by atomic mass is 79.9. The Balaban J connectivity index is 1.78. The number of methoxy groups -OCH3 is 1. The fraction of sp³-hybridized carbons (Fsp3) is 0.381. The average molecular weight is 458 g/mol. The van der Waals surface area contributed by atoms with Crippen molar-refractivity contribution < 1.29 is 14.5 Å². The van der Waals surface area contributed by atoms with E-state index < -0.39 is 17.5 Å². The Hall–Kier alpha value is -2.45. The number of ether oxygens (including phenoxy) is 1. The highest BCUT2D eigenvalue weighted by molar-refractivity contribution is 9.10. The summed E-state index contributed by atoms with van der Waals surface area (Å²) in [7, 11) is 1.57. The number of nitrogens with one attached hydrogen (secondary N) is 1. The predicted molar refractivity (Wildman–Crippen MR) is 111 cm³/mol. The maximum Gasteiger partial charge on any atom is 0.256 e. The molecule has 2 aromatic carbocycles. The van der Waals surface area contributed by atoms with Crippen molar-refractivity contribution in [2.45, 2.75) is 36.4 Å². The molecule has 2 aromatic rings. The number of fused-ring (bicyclic) bond motifs is 4. The molecule has 0 saturated carbocycles.